The predicted molar refractivity (Wildman–Crippen MR) is 50.6 cm³/mol. The van der Waals surface area contributed by atoms with Crippen molar-refractivity contribution in [2.45, 2.75) is 58.8 Å². The molecule has 1 saturated carbocycles. The first-order valence-electron chi connectivity index (χ1n) is 5.33. The summed E-state index contributed by atoms with van der Waals surface area (Å²) in [5.74, 6) is 2.14. The standard InChI is InChI=1S/C11H22/c1-3-4-5-6-10(2)9-11-7-8-11/h10-11H,3-9H2,1-2H3. The molecule has 0 bridgehead atoms. The molecule has 1 aliphatic carbocycles. The van der Waals surface area contributed by atoms with E-state index in [0.717, 1.165) is 11.8 Å². The highest BCUT2D eigenvalue weighted by molar-refractivity contribution is 4.75. The Balaban J connectivity index is 1.87. The summed E-state index contributed by atoms with van der Waals surface area (Å²) in [5.41, 5.74) is 0. The molecule has 0 aromatic rings. The zero-order valence-electron chi connectivity index (χ0n) is 8.10. The van der Waals surface area contributed by atoms with E-state index in [2.05, 4.69) is 13.8 Å². The van der Waals surface area contributed by atoms with E-state index in [9.17, 15) is 0 Å². The van der Waals surface area contributed by atoms with Crippen molar-refractivity contribution in [1.29, 1.82) is 0 Å². The molecule has 1 unspecified atom stereocenters. The Kier molecular flexibility index (Phi) is 3.96. The Morgan fingerprint density at radius 1 is 1.27 bits per heavy atom. The second-order valence-corrected chi connectivity index (χ2v) is 4.28. The molecule has 0 aromatic heterocycles. The molecule has 0 aromatic carbocycles. The first kappa shape index (κ1) is 9.09. The van der Waals surface area contributed by atoms with E-state index in [1.165, 1.54) is 44.9 Å². The van der Waals surface area contributed by atoms with Gasteiger partial charge in [-0.3, -0.25) is 0 Å². The lowest BCUT2D eigenvalue weighted by atomic mass is 9.98. The van der Waals surface area contributed by atoms with Crippen LogP contribution in [0.3, 0.4) is 0 Å². The molecular formula is C11H22. The first-order chi connectivity index (χ1) is 5.33. The third kappa shape index (κ3) is 4.44. The van der Waals surface area contributed by atoms with Gasteiger partial charge in [-0.05, 0) is 18.3 Å². The van der Waals surface area contributed by atoms with Crippen LogP contribution in [-0.4, -0.2) is 0 Å². The molecule has 0 amide bonds. The van der Waals surface area contributed by atoms with Crippen LogP contribution in [0.5, 0.6) is 0 Å². The molecule has 1 fully saturated rings. The fourth-order valence-corrected chi connectivity index (χ4v) is 1.78. The van der Waals surface area contributed by atoms with Crippen LogP contribution >= 0.6 is 0 Å². The van der Waals surface area contributed by atoms with Crippen molar-refractivity contribution in [2.75, 3.05) is 0 Å². The summed E-state index contributed by atoms with van der Waals surface area (Å²) in [5, 5.41) is 0. The van der Waals surface area contributed by atoms with Crippen LogP contribution in [-0.2, 0) is 0 Å². The van der Waals surface area contributed by atoms with Crippen molar-refractivity contribution in [1.82, 2.24) is 0 Å². The van der Waals surface area contributed by atoms with E-state index in [1.807, 2.05) is 0 Å². The van der Waals surface area contributed by atoms with Crippen LogP contribution < -0.4 is 0 Å². The van der Waals surface area contributed by atoms with Crippen LogP contribution in [0.1, 0.15) is 58.8 Å². The number of hydrogen-bond acceptors (Lipinski definition) is 0. The quantitative estimate of drug-likeness (QED) is 0.507. The van der Waals surface area contributed by atoms with E-state index >= 15 is 0 Å². The molecule has 1 aliphatic rings. The summed E-state index contributed by atoms with van der Waals surface area (Å²) in [4.78, 5) is 0. The Bertz CT molecular complexity index is 92.2. The number of hydrogen-bond donors (Lipinski definition) is 0. The summed E-state index contributed by atoms with van der Waals surface area (Å²) in [7, 11) is 0. The summed E-state index contributed by atoms with van der Waals surface area (Å²) < 4.78 is 0. The van der Waals surface area contributed by atoms with Crippen LogP contribution in [0, 0.1) is 11.8 Å². The minimum Gasteiger partial charge on any atom is -0.0654 e. The second-order valence-electron chi connectivity index (χ2n) is 4.28. The number of rotatable bonds is 6. The van der Waals surface area contributed by atoms with E-state index in [1.54, 1.807) is 0 Å². The molecular weight excluding hydrogens is 132 g/mol. The van der Waals surface area contributed by atoms with Gasteiger partial charge in [0.1, 0.15) is 0 Å². The molecule has 0 N–H and O–H groups in total. The summed E-state index contributed by atoms with van der Waals surface area (Å²) in [6, 6.07) is 0. The van der Waals surface area contributed by atoms with Gasteiger partial charge in [-0.25, -0.2) is 0 Å². The van der Waals surface area contributed by atoms with Crippen molar-refractivity contribution < 1.29 is 0 Å². The molecule has 66 valence electrons. The third-order valence-electron chi connectivity index (χ3n) is 2.73. The van der Waals surface area contributed by atoms with Crippen LogP contribution in [0.2, 0.25) is 0 Å². The molecule has 0 saturated heterocycles. The van der Waals surface area contributed by atoms with Gasteiger partial charge in [0.2, 0.25) is 0 Å². The van der Waals surface area contributed by atoms with Crippen molar-refractivity contribution in [2.24, 2.45) is 11.8 Å². The maximum atomic E-state index is 2.42. The van der Waals surface area contributed by atoms with Gasteiger partial charge >= 0.3 is 0 Å². The molecule has 0 aliphatic heterocycles. The van der Waals surface area contributed by atoms with Gasteiger partial charge in [-0.1, -0.05) is 52.4 Å². The number of unbranched alkanes of at least 4 members (excludes halogenated alkanes) is 2. The average molecular weight is 154 g/mol. The highest BCUT2D eigenvalue weighted by Crippen LogP contribution is 2.36. The summed E-state index contributed by atoms with van der Waals surface area (Å²) >= 11 is 0. The zero-order chi connectivity index (χ0) is 8.10. The SMILES string of the molecule is CCCCCC(C)CC1CC1. The fourth-order valence-electron chi connectivity index (χ4n) is 1.78. The molecule has 0 heteroatoms. The smallest absolute Gasteiger partial charge is 0.0412 e. The minimum absolute atomic E-state index is 1.01. The predicted octanol–water partition coefficient (Wildman–Crippen LogP) is 4.00. The lowest BCUT2D eigenvalue weighted by Gasteiger charge is -2.08. The minimum atomic E-state index is 1.01. The summed E-state index contributed by atoms with van der Waals surface area (Å²) in [6.45, 7) is 4.71. The Morgan fingerprint density at radius 3 is 2.55 bits per heavy atom. The van der Waals surface area contributed by atoms with Gasteiger partial charge < -0.3 is 0 Å². The Labute approximate surface area is 71.4 Å². The van der Waals surface area contributed by atoms with E-state index in [0.29, 0.717) is 0 Å². The zero-order valence-corrected chi connectivity index (χ0v) is 8.10. The molecule has 1 atom stereocenters. The van der Waals surface area contributed by atoms with Crippen LogP contribution in [0.15, 0.2) is 0 Å². The van der Waals surface area contributed by atoms with Crippen molar-refractivity contribution in [3.8, 4) is 0 Å². The first-order valence-corrected chi connectivity index (χ1v) is 5.33. The molecule has 1 rings (SSSR count). The topological polar surface area (TPSA) is 0 Å². The van der Waals surface area contributed by atoms with Crippen molar-refractivity contribution in [3.63, 3.8) is 0 Å². The lowest BCUT2D eigenvalue weighted by Crippen LogP contribution is -1.95. The van der Waals surface area contributed by atoms with Crippen molar-refractivity contribution >= 4 is 0 Å². The van der Waals surface area contributed by atoms with Gasteiger partial charge in [0.25, 0.3) is 0 Å². The Hall–Kier alpha value is 0. The maximum absolute atomic E-state index is 2.42. The summed E-state index contributed by atoms with van der Waals surface area (Å²) in [6.07, 6.45) is 10.3. The van der Waals surface area contributed by atoms with Gasteiger partial charge in [-0.15, -0.1) is 0 Å². The van der Waals surface area contributed by atoms with Gasteiger partial charge in [0.15, 0.2) is 0 Å². The maximum Gasteiger partial charge on any atom is -0.0412 e. The third-order valence-corrected chi connectivity index (χ3v) is 2.73. The molecule has 0 spiro atoms. The lowest BCUT2D eigenvalue weighted by molar-refractivity contribution is 0.440. The van der Waals surface area contributed by atoms with Crippen LogP contribution in [0.4, 0.5) is 0 Å². The monoisotopic (exact) mass is 154 g/mol. The molecule has 0 heterocycles. The normalized spacial score (nSPS) is 20.2. The van der Waals surface area contributed by atoms with Crippen molar-refractivity contribution in [3.05, 3.63) is 0 Å². The average Bonchev–Trinajstić information content (AvgIpc) is 2.72. The Morgan fingerprint density at radius 2 is 2.00 bits per heavy atom. The molecule has 0 nitrogen and oxygen atoms in total. The molecule has 0 radical (unpaired) electrons. The van der Waals surface area contributed by atoms with Gasteiger partial charge in [-0.2, -0.15) is 0 Å². The van der Waals surface area contributed by atoms with Gasteiger partial charge in [0, 0.05) is 0 Å². The van der Waals surface area contributed by atoms with E-state index < -0.39 is 0 Å². The van der Waals surface area contributed by atoms with Crippen LogP contribution in [0.25, 0.3) is 0 Å². The molecule has 11 heavy (non-hydrogen) atoms. The van der Waals surface area contributed by atoms with Gasteiger partial charge in [0.05, 0.1) is 0 Å². The van der Waals surface area contributed by atoms with E-state index in [-0.39, 0.29) is 0 Å². The highest BCUT2D eigenvalue weighted by atomic mass is 14.3. The fraction of sp³-hybridized carbons (Fsp3) is 1.00. The highest BCUT2D eigenvalue weighted by Gasteiger charge is 2.22. The second kappa shape index (κ2) is 4.79. The van der Waals surface area contributed by atoms with E-state index in [4.69, 9.17) is 0 Å². The largest absolute Gasteiger partial charge is 0.0654 e.